The molecule has 134 valence electrons. The van der Waals surface area contributed by atoms with Gasteiger partial charge in [-0.3, -0.25) is 0 Å². The molecule has 5 heteroatoms. The first kappa shape index (κ1) is 18.0. The summed E-state index contributed by atoms with van der Waals surface area (Å²) in [6.45, 7) is 5.18. The first-order valence-corrected chi connectivity index (χ1v) is 9.37. The maximum Gasteiger partial charge on any atom is 0.337 e. The van der Waals surface area contributed by atoms with E-state index in [-0.39, 0.29) is 5.41 Å². The van der Waals surface area contributed by atoms with Crippen molar-refractivity contribution in [1.82, 2.24) is 5.32 Å². The molecule has 0 fully saturated rings. The van der Waals surface area contributed by atoms with Crippen molar-refractivity contribution in [2.45, 2.75) is 39.7 Å². The normalized spacial score (nSPS) is 15.7. The van der Waals surface area contributed by atoms with Gasteiger partial charge in [0.25, 0.3) is 0 Å². The zero-order valence-corrected chi connectivity index (χ0v) is 16.0. The minimum Gasteiger partial charge on any atom is -0.496 e. The number of aryl methyl sites for hydroxylation is 1. The third-order valence-corrected chi connectivity index (χ3v) is 6.21. The lowest BCUT2D eigenvalue weighted by Crippen LogP contribution is -2.22. The second-order valence-electron chi connectivity index (χ2n) is 7.42. The van der Waals surface area contributed by atoms with Crippen molar-refractivity contribution in [2.24, 2.45) is 5.41 Å². The summed E-state index contributed by atoms with van der Waals surface area (Å²) in [7, 11) is 3.54. The Morgan fingerprint density at radius 2 is 2.16 bits per heavy atom. The molecule has 1 aliphatic carbocycles. The number of carboxylic acids is 1. The van der Waals surface area contributed by atoms with Crippen LogP contribution in [0.15, 0.2) is 18.2 Å². The lowest BCUT2D eigenvalue weighted by atomic mass is 9.76. The van der Waals surface area contributed by atoms with Crippen molar-refractivity contribution in [3.8, 4) is 16.2 Å². The molecule has 25 heavy (non-hydrogen) atoms. The van der Waals surface area contributed by atoms with Gasteiger partial charge in [-0.15, -0.1) is 11.3 Å². The highest BCUT2D eigenvalue weighted by Gasteiger charge is 2.33. The number of nitrogens with one attached hydrogen (secondary N) is 1. The average molecular weight is 359 g/mol. The molecule has 2 aromatic rings. The highest BCUT2D eigenvalue weighted by atomic mass is 32.1. The van der Waals surface area contributed by atoms with Crippen LogP contribution in [-0.4, -0.2) is 25.2 Å². The van der Waals surface area contributed by atoms with Crippen LogP contribution in [0, 0.1) is 5.41 Å². The molecular formula is C20H25NO3S. The van der Waals surface area contributed by atoms with Crippen molar-refractivity contribution in [3.63, 3.8) is 0 Å². The lowest BCUT2D eigenvalue weighted by Gasteiger charge is -2.29. The minimum absolute atomic E-state index is 0.149. The predicted molar refractivity (Wildman–Crippen MR) is 102 cm³/mol. The first-order valence-electron chi connectivity index (χ1n) is 8.56. The van der Waals surface area contributed by atoms with E-state index in [4.69, 9.17) is 4.74 Å². The van der Waals surface area contributed by atoms with Crippen molar-refractivity contribution in [1.29, 1.82) is 0 Å². The highest BCUT2D eigenvalue weighted by Crippen LogP contribution is 2.47. The Morgan fingerprint density at radius 1 is 1.40 bits per heavy atom. The summed E-state index contributed by atoms with van der Waals surface area (Å²) in [5.41, 5.74) is 3.62. The van der Waals surface area contributed by atoms with E-state index in [0.717, 1.165) is 53.1 Å². The van der Waals surface area contributed by atoms with E-state index in [1.807, 2.05) is 25.2 Å². The first-order chi connectivity index (χ1) is 11.9. The quantitative estimate of drug-likeness (QED) is 0.833. The predicted octanol–water partition coefficient (Wildman–Crippen LogP) is 4.36. The van der Waals surface area contributed by atoms with Crippen LogP contribution in [0.3, 0.4) is 0 Å². The molecule has 0 saturated carbocycles. The smallest absolute Gasteiger partial charge is 0.337 e. The van der Waals surface area contributed by atoms with Gasteiger partial charge in [0.1, 0.15) is 5.75 Å². The van der Waals surface area contributed by atoms with E-state index < -0.39 is 5.97 Å². The molecular weight excluding hydrogens is 334 g/mol. The number of hydrogen-bond donors (Lipinski definition) is 2. The molecule has 1 aliphatic rings. The number of aromatic carboxylic acids is 1. The molecule has 0 saturated heterocycles. The van der Waals surface area contributed by atoms with Crippen molar-refractivity contribution < 1.29 is 14.6 Å². The van der Waals surface area contributed by atoms with Crippen LogP contribution in [0.4, 0.5) is 0 Å². The number of carboxylic acid groups (broad SMARTS) is 1. The van der Waals surface area contributed by atoms with Crippen LogP contribution in [0.5, 0.6) is 5.75 Å². The molecule has 0 spiro atoms. The van der Waals surface area contributed by atoms with Crippen LogP contribution in [0.1, 0.15) is 46.6 Å². The average Bonchev–Trinajstić information content (AvgIpc) is 2.92. The number of hydrogen-bond acceptors (Lipinski definition) is 4. The lowest BCUT2D eigenvalue weighted by molar-refractivity contribution is 0.0696. The Kier molecular flexibility index (Phi) is 4.89. The molecule has 4 nitrogen and oxygen atoms in total. The second-order valence-corrected chi connectivity index (χ2v) is 8.52. The molecule has 3 rings (SSSR count). The van der Waals surface area contributed by atoms with E-state index in [2.05, 4.69) is 19.2 Å². The summed E-state index contributed by atoms with van der Waals surface area (Å²) in [5, 5.41) is 13.0. The van der Waals surface area contributed by atoms with E-state index in [0.29, 0.717) is 5.56 Å². The van der Waals surface area contributed by atoms with Crippen LogP contribution in [-0.2, 0) is 19.4 Å². The van der Waals surface area contributed by atoms with Gasteiger partial charge >= 0.3 is 5.97 Å². The van der Waals surface area contributed by atoms with Crippen LogP contribution in [0.25, 0.3) is 10.4 Å². The number of fused-ring (bicyclic) bond motifs is 1. The van der Waals surface area contributed by atoms with Gasteiger partial charge in [0.2, 0.25) is 0 Å². The largest absolute Gasteiger partial charge is 0.496 e. The highest BCUT2D eigenvalue weighted by molar-refractivity contribution is 7.16. The fourth-order valence-electron chi connectivity index (χ4n) is 3.57. The van der Waals surface area contributed by atoms with Crippen molar-refractivity contribution in [2.75, 3.05) is 14.2 Å². The molecule has 0 aliphatic heterocycles. The van der Waals surface area contributed by atoms with Crippen molar-refractivity contribution >= 4 is 17.3 Å². The minimum atomic E-state index is -0.841. The Hall–Kier alpha value is -1.85. The zero-order valence-electron chi connectivity index (χ0n) is 15.2. The second kappa shape index (κ2) is 6.81. The SMILES string of the molecule is CNCc1ccc(-c2sc3c(c2C(=O)O)CC(C)(C)CC3)c(OC)c1. The Morgan fingerprint density at radius 3 is 2.80 bits per heavy atom. The number of benzene rings is 1. The number of rotatable bonds is 5. The third kappa shape index (κ3) is 3.44. The Balaban J connectivity index is 2.15. The number of thiophene rings is 1. The molecule has 0 atom stereocenters. The standard InChI is InChI=1S/C20H25NO3S/c1-20(2)8-7-16-14(10-20)17(19(22)23)18(25-16)13-6-5-12(11-21-3)9-15(13)24-4/h5-6,9,21H,7-8,10-11H2,1-4H3,(H,22,23). The Bertz CT molecular complexity index is 808. The summed E-state index contributed by atoms with van der Waals surface area (Å²) in [6.07, 6.45) is 2.87. The number of carbonyl (C=O) groups is 1. The maximum absolute atomic E-state index is 12.1. The van der Waals surface area contributed by atoms with E-state index in [9.17, 15) is 9.90 Å². The summed E-state index contributed by atoms with van der Waals surface area (Å²) in [4.78, 5) is 14.1. The summed E-state index contributed by atoms with van der Waals surface area (Å²) < 4.78 is 5.58. The van der Waals surface area contributed by atoms with Crippen LogP contribution < -0.4 is 10.1 Å². The van der Waals surface area contributed by atoms with Crippen LogP contribution in [0.2, 0.25) is 0 Å². The molecule has 1 aromatic carbocycles. The molecule has 1 heterocycles. The Labute approximate surface area is 152 Å². The van der Waals surface area contributed by atoms with Crippen molar-refractivity contribution in [3.05, 3.63) is 39.8 Å². The molecule has 0 bridgehead atoms. The van der Waals surface area contributed by atoms with Gasteiger partial charge in [0.05, 0.1) is 17.6 Å². The number of ether oxygens (including phenoxy) is 1. The van der Waals surface area contributed by atoms with Gasteiger partial charge in [-0.05, 0) is 55.0 Å². The molecule has 0 unspecified atom stereocenters. The van der Waals surface area contributed by atoms with E-state index in [1.165, 1.54) is 4.88 Å². The van der Waals surface area contributed by atoms with Gasteiger partial charge in [0, 0.05) is 17.0 Å². The molecule has 2 N–H and O–H groups in total. The fraction of sp³-hybridized carbons (Fsp3) is 0.450. The maximum atomic E-state index is 12.1. The van der Waals surface area contributed by atoms with E-state index in [1.54, 1.807) is 18.4 Å². The van der Waals surface area contributed by atoms with Gasteiger partial charge in [-0.2, -0.15) is 0 Å². The van der Waals surface area contributed by atoms with Crippen LogP contribution >= 0.6 is 11.3 Å². The van der Waals surface area contributed by atoms with Gasteiger partial charge in [-0.1, -0.05) is 19.9 Å². The fourth-order valence-corrected chi connectivity index (χ4v) is 4.91. The van der Waals surface area contributed by atoms with Gasteiger partial charge in [-0.25, -0.2) is 4.79 Å². The third-order valence-electron chi connectivity index (χ3n) is 4.88. The van der Waals surface area contributed by atoms with Gasteiger partial charge in [0.15, 0.2) is 0 Å². The summed E-state index contributed by atoms with van der Waals surface area (Å²) >= 11 is 1.62. The molecule has 0 radical (unpaired) electrons. The monoisotopic (exact) mass is 359 g/mol. The number of methoxy groups -OCH3 is 1. The summed E-state index contributed by atoms with van der Waals surface area (Å²) in [6, 6.07) is 6.00. The van der Waals surface area contributed by atoms with E-state index >= 15 is 0 Å². The summed E-state index contributed by atoms with van der Waals surface area (Å²) in [5.74, 6) is -0.111. The molecule has 1 aromatic heterocycles. The molecule has 0 amide bonds. The topological polar surface area (TPSA) is 58.6 Å². The zero-order chi connectivity index (χ0) is 18.2. The van der Waals surface area contributed by atoms with Gasteiger partial charge < -0.3 is 15.2 Å².